The monoisotopic (exact) mass is 255 g/mol. The molecule has 0 N–H and O–H groups in total. The van der Waals surface area contributed by atoms with Crippen LogP contribution >= 0.6 is 11.6 Å². The van der Waals surface area contributed by atoms with E-state index in [9.17, 15) is 0 Å². The van der Waals surface area contributed by atoms with Crippen LogP contribution in [-0.4, -0.2) is 4.57 Å². The van der Waals surface area contributed by atoms with Gasteiger partial charge >= 0.3 is 0 Å². The van der Waals surface area contributed by atoms with Gasteiger partial charge in [0.1, 0.15) is 0 Å². The maximum Gasteiger partial charge on any atom is 0.0672 e. The minimum absolute atomic E-state index is 0.810. The van der Waals surface area contributed by atoms with Crippen molar-refractivity contribution >= 4 is 22.5 Å². The van der Waals surface area contributed by atoms with Crippen molar-refractivity contribution in [2.24, 2.45) is 0 Å². The van der Waals surface area contributed by atoms with E-state index in [2.05, 4.69) is 54.1 Å². The Bertz CT molecular complexity index is 680. The second kappa shape index (κ2) is 4.51. The number of hydrogen-bond acceptors (Lipinski definition) is 0. The summed E-state index contributed by atoms with van der Waals surface area (Å²) in [7, 11) is 0. The molecule has 1 nitrogen and oxygen atoms in total. The molecular formula is C16H14ClN. The first-order valence-electron chi connectivity index (χ1n) is 6.03. The van der Waals surface area contributed by atoms with Gasteiger partial charge in [-0.25, -0.2) is 0 Å². The van der Waals surface area contributed by atoms with Gasteiger partial charge in [-0.05, 0) is 24.6 Å². The van der Waals surface area contributed by atoms with Crippen LogP contribution in [0.4, 0.5) is 0 Å². The molecule has 0 saturated carbocycles. The van der Waals surface area contributed by atoms with Gasteiger partial charge in [0.15, 0.2) is 0 Å². The molecule has 0 bridgehead atoms. The summed E-state index contributed by atoms with van der Waals surface area (Å²) in [6.45, 7) is 2.96. The van der Waals surface area contributed by atoms with Gasteiger partial charge in [0.25, 0.3) is 0 Å². The molecule has 1 heterocycles. The van der Waals surface area contributed by atoms with Crippen molar-refractivity contribution in [2.45, 2.75) is 13.5 Å². The molecule has 0 unspecified atom stereocenters. The van der Waals surface area contributed by atoms with Crippen LogP contribution in [0.5, 0.6) is 0 Å². The van der Waals surface area contributed by atoms with Crippen LogP contribution in [0.3, 0.4) is 0 Å². The maximum absolute atomic E-state index is 6.27. The first-order chi connectivity index (χ1) is 8.74. The third-order valence-corrected chi connectivity index (χ3v) is 3.52. The molecule has 1 aromatic heterocycles. The fraction of sp³-hybridized carbons (Fsp3) is 0.125. The average molecular weight is 256 g/mol. The zero-order valence-electron chi connectivity index (χ0n) is 10.2. The van der Waals surface area contributed by atoms with Crippen molar-refractivity contribution in [3.8, 4) is 0 Å². The summed E-state index contributed by atoms with van der Waals surface area (Å²) in [6, 6.07) is 16.7. The van der Waals surface area contributed by atoms with Crippen LogP contribution in [0.1, 0.15) is 11.1 Å². The van der Waals surface area contributed by atoms with E-state index in [1.807, 2.05) is 12.1 Å². The molecule has 3 rings (SSSR count). The highest BCUT2D eigenvalue weighted by Crippen LogP contribution is 2.25. The summed E-state index contributed by atoms with van der Waals surface area (Å²) in [5.74, 6) is 0. The van der Waals surface area contributed by atoms with E-state index >= 15 is 0 Å². The summed E-state index contributed by atoms with van der Waals surface area (Å²) in [5, 5.41) is 2.00. The van der Waals surface area contributed by atoms with Crippen molar-refractivity contribution in [1.29, 1.82) is 0 Å². The van der Waals surface area contributed by atoms with E-state index < -0.39 is 0 Å². The van der Waals surface area contributed by atoms with Gasteiger partial charge in [-0.15, -0.1) is 0 Å². The van der Waals surface area contributed by atoms with Crippen LogP contribution in [0, 0.1) is 6.92 Å². The van der Waals surface area contributed by atoms with Crippen LogP contribution < -0.4 is 0 Å². The Kier molecular flexibility index (Phi) is 2.85. The number of rotatable bonds is 2. The van der Waals surface area contributed by atoms with E-state index in [1.165, 1.54) is 16.5 Å². The Hall–Kier alpha value is -1.73. The quantitative estimate of drug-likeness (QED) is 0.628. The number of para-hydroxylation sites is 1. The first kappa shape index (κ1) is 11.4. The predicted molar refractivity (Wildman–Crippen MR) is 77.2 cm³/mol. The van der Waals surface area contributed by atoms with Gasteiger partial charge in [-0.3, -0.25) is 0 Å². The van der Waals surface area contributed by atoms with E-state index in [1.54, 1.807) is 0 Å². The standard InChI is InChI=1S/C16H14ClN/c1-12-5-7-13(8-6-12)11-18-10-9-14-3-2-4-15(17)16(14)18/h2-10H,11H2,1H3. The van der Waals surface area contributed by atoms with Crippen molar-refractivity contribution in [3.63, 3.8) is 0 Å². The Morgan fingerprint density at radius 1 is 1.00 bits per heavy atom. The number of benzene rings is 2. The molecule has 18 heavy (non-hydrogen) atoms. The highest BCUT2D eigenvalue weighted by molar-refractivity contribution is 6.35. The second-order valence-corrected chi connectivity index (χ2v) is 5.01. The number of halogens is 1. The third kappa shape index (κ3) is 2.02. The lowest BCUT2D eigenvalue weighted by molar-refractivity contribution is 0.836. The highest BCUT2D eigenvalue weighted by atomic mass is 35.5. The van der Waals surface area contributed by atoms with Gasteiger partial charge in [0.05, 0.1) is 10.5 Å². The van der Waals surface area contributed by atoms with E-state index in [0.717, 1.165) is 17.1 Å². The molecule has 90 valence electrons. The Balaban J connectivity index is 2.02. The minimum Gasteiger partial charge on any atom is -0.342 e. The number of aromatic nitrogens is 1. The SMILES string of the molecule is Cc1ccc(Cn2ccc3cccc(Cl)c32)cc1. The molecule has 0 spiro atoms. The van der Waals surface area contributed by atoms with Gasteiger partial charge in [-0.2, -0.15) is 0 Å². The first-order valence-corrected chi connectivity index (χ1v) is 6.41. The summed E-state index contributed by atoms with van der Waals surface area (Å²) >= 11 is 6.27. The van der Waals surface area contributed by atoms with E-state index in [0.29, 0.717) is 0 Å². The number of hydrogen-bond donors (Lipinski definition) is 0. The minimum atomic E-state index is 0.810. The molecule has 0 radical (unpaired) electrons. The van der Waals surface area contributed by atoms with Crippen molar-refractivity contribution < 1.29 is 0 Å². The lowest BCUT2D eigenvalue weighted by atomic mass is 10.1. The zero-order chi connectivity index (χ0) is 12.5. The van der Waals surface area contributed by atoms with Crippen molar-refractivity contribution in [2.75, 3.05) is 0 Å². The molecule has 0 atom stereocenters. The van der Waals surface area contributed by atoms with Crippen LogP contribution in [0.15, 0.2) is 54.7 Å². The van der Waals surface area contributed by atoms with Crippen LogP contribution in [-0.2, 0) is 6.54 Å². The van der Waals surface area contributed by atoms with Gasteiger partial charge in [0, 0.05) is 18.1 Å². The Morgan fingerprint density at radius 2 is 1.78 bits per heavy atom. The molecule has 3 aromatic rings. The Labute approximate surface area is 112 Å². The fourth-order valence-corrected chi connectivity index (χ4v) is 2.53. The smallest absolute Gasteiger partial charge is 0.0672 e. The average Bonchev–Trinajstić information content (AvgIpc) is 2.77. The molecule has 0 aliphatic rings. The largest absolute Gasteiger partial charge is 0.342 e. The lowest BCUT2D eigenvalue weighted by Gasteiger charge is -2.07. The van der Waals surface area contributed by atoms with Gasteiger partial charge < -0.3 is 4.57 Å². The van der Waals surface area contributed by atoms with Crippen LogP contribution in [0.25, 0.3) is 10.9 Å². The number of fused-ring (bicyclic) bond motifs is 1. The summed E-state index contributed by atoms with van der Waals surface area (Å²) in [6.07, 6.45) is 2.09. The number of aryl methyl sites for hydroxylation is 1. The molecule has 2 heteroatoms. The van der Waals surface area contributed by atoms with Crippen LogP contribution in [0.2, 0.25) is 5.02 Å². The van der Waals surface area contributed by atoms with Gasteiger partial charge in [-0.1, -0.05) is 53.6 Å². The zero-order valence-corrected chi connectivity index (χ0v) is 11.0. The Morgan fingerprint density at radius 3 is 2.56 bits per heavy atom. The molecule has 0 saturated heterocycles. The summed E-state index contributed by atoms with van der Waals surface area (Å²) in [5.41, 5.74) is 3.69. The molecule has 0 aliphatic carbocycles. The lowest BCUT2D eigenvalue weighted by Crippen LogP contribution is -1.98. The van der Waals surface area contributed by atoms with Gasteiger partial charge in [0.2, 0.25) is 0 Å². The predicted octanol–water partition coefficient (Wildman–Crippen LogP) is 4.65. The highest BCUT2D eigenvalue weighted by Gasteiger charge is 2.05. The molecule has 0 aliphatic heterocycles. The molecular weight excluding hydrogens is 242 g/mol. The summed E-state index contributed by atoms with van der Waals surface area (Å²) in [4.78, 5) is 0. The fourth-order valence-electron chi connectivity index (χ4n) is 2.24. The third-order valence-electron chi connectivity index (χ3n) is 3.21. The van der Waals surface area contributed by atoms with Crippen molar-refractivity contribution in [1.82, 2.24) is 4.57 Å². The topological polar surface area (TPSA) is 4.93 Å². The molecule has 0 fully saturated rings. The maximum atomic E-state index is 6.27. The normalized spacial score (nSPS) is 11.0. The van der Waals surface area contributed by atoms with E-state index in [-0.39, 0.29) is 0 Å². The number of nitrogens with zero attached hydrogens (tertiary/aromatic N) is 1. The molecule has 2 aromatic carbocycles. The second-order valence-electron chi connectivity index (χ2n) is 4.61. The summed E-state index contributed by atoms with van der Waals surface area (Å²) < 4.78 is 2.20. The van der Waals surface area contributed by atoms with E-state index in [4.69, 9.17) is 11.6 Å². The molecule has 0 amide bonds. The van der Waals surface area contributed by atoms with Crippen molar-refractivity contribution in [3.05, 3.63) is 70.9 Å².